The fourth-order valence-electron chi connectivity index (χ4n) is 1.62. The fourth-order valence-corrected chi connectivity index (χ4v) is 1.62. The highest BCUT2D eigenvalue weighted by atomic mass is 16.6. The summed E-state index contributed by atoms with van der Waals surface area (Å²) in [6.45, 7) is 5.38. The van der Waals surface area contributed by atoms with E-state index < -0.39 is 10.8 Å². The number of aromatic hydroxyl groups is 1. The lowest BCUT2D eigenvalue weighted by Gasteiger charge is -2.08. The largest absolute Gasteiger partial charge is 0.508 e. The van der Waals surface area contributed by atoms with Crippen LogP contribution in [-0.2, 0) is 4.74 Å². The number of hydrogen-bond donors (Lipinski definition) is 2. The van der Waals surface area contributed by atoms with Gasteiger partial charge in [-0.2, -0.15) is 0 Å². The number of hydrogen-bond acceptors (Lipinski definition) is 5. The van der Waals surface area contributed by atoms with Gasteiger partial charge in [-0.1, -0.05) is 13.8 Å². The van der Waals surface area contributed by atoms with Gasteiger partial charge in [0.2, 0.25) is 0 Å². The number of benzene rings is 1. The summed E-state index contributed by atoms with van der Waals surface area (Å²) in [6, 6.07) is 3.35. The normalized spacial score (nSPS) is 10.6. The van der Waals surface area contributed by atoms with Gasteiger partial charge in [0.1, 0.15) is 11.3 Å². The minimum atomic E-state index is -0.659. The summed E-state index contributed by atoms with van der Waals surface area (Å²) < 4.78 is 5.33. The molecule has 1 aromatic carbocycles. The molecule has 0 aliphatic carbocycles. The Labute approximate surface area is 123 Å². The van der Waals surface area contributed by atoms with Crippen LogP contribution < -0.4 is 5.32 Å². The predicted molar refractivity (Wildman–Crippen MR) is 77.4 cm³/mol. The zero-order valence-corrected chi connectivity index (χ0v) is 12.2. The van der Waals surface area contributed by atoms with Crippen LogP contribution in [0.15, 0.2) is 18.2 Å². The van der Waals surface area contributed by atoms with Gasteiger partial charge >= 0.3 is 0 Å². The number of amides is 1. The van der Waals surface area contributed by atoms with Crippen molar-refractivity contribution in [1.29, 1.82) is 0 Å². The first-order valence-corrected chi connectivity index (χ1v) is 6.75. The van der Waals surface area contributed by atoms with Crippen LogP contribution in [0.4, 0.5) is 5.69 Å². The Hall–Kier alpha value is -2.15. The van der Waals surface area contributed by atoms with Crippen molar-refractivity contribution in [1.82, 2.24) is 5.32 Å². The van der Waals surface area contributed by atoms with Crippen molar-refractivity contribution >= 4 is 11.6 Å². The number of ether oxygens (including phenoxy) is 1. The third-order valence-corrected chi connectivity index (χ3v) is 2.79. The smallest absolute Gasteiger partial charge is 0.282 e. The van der Waals surface area contributed by atoms with E-state index in [0.29, 0.717) is 19.1 Å². The molecule has 2 N–H and O–H groups in total. The maximum absolute atomic E-state index is 11.9. The van der Waals surface area contributed by atoms with Gasteiger partial charge in [-0.15, -0.1) is 0 Å². The van der Waals surface area contributed by atoms with Crippen LogP contribution in [0, 0.1) is 16.0 Å². The lowest BCUT2D eigenvalue weighted by Crippen LogP contribution is -2.28. The first-order chi connectivity index (χ1) is 9.91. The van der Waals surface area contributed by atoms with Crippen molar-refractivity contribution in [2.45, 2.75) is 20.3 Å². The third-order valence-electron chi connectivity index (χ3n) is 2.79. The number of carbonyl (C=O) groups is 1. The van der Waals surface area contributed by atoms with Crippen LogP contribution in [0.2, 0.25) is 0 Å². The fraction of sp³-hybridized carbons (Fsp3) is 0.500. The molecule has 0 heterocycles. The molecule has 0 saturated heterocycles. The van der Waals surface area contributed by atoms with E-state index in [4.69, 9.17) is 4.74 Å². The number of phenols is 1. The average Bonchev–Trinajstić information content (AvgIpc) is 2.41. The second kappa shape index (κ2) is 8.21. The lowest BCUT2D eigenvalue weighted by atomic mass is 10.1. The molecule has 0 aliphatic heterocycles. The van der Waals surface area contributed by atoms with E-state index in [0.717, 1.165) is 18.6 Å². The maximum atomic E-state index is 11.9. The molecule has 116 valence electrons. The SMILES string of the molecule is CC(C)CCOCCNC(=O)c1cc(O)ccc1[N+](=O)[O-]. The van der Waals surface area contributed by atoms with Crippen molar-refractivity contribution in [3.63, 3.8) is 0 Å². The second-order valence-electron chi connectivity index (χ2n) is 5.01. The van der Waals surface area contributed by atoms with Crippen LogP contribution in [0.1, 0.15) is 30.6 Å². The van der Waals surface area contributed by atoms with Gasteiger partial charge in [0.15, 0.2) is 0 Å². The standard InChI is InChI=1S/C14H20N2O5/c1-10(2)5-7-21-8-6-15-14(18)12-9-11(17)3-4-13(12)16(19)20/h3-4,9-10,17H,5-8H2,1-2H3,(H,15,18). The minimum Gasteiger partial charge on any atom is -0.508 e. The van der Waals surface area contributed by atoms with E-state index >= 15 is 0 Å². The Bertz CT molecular complexity index is 502. The predicted octanol–water partition coefficient (Wildman–Crippen LogP) is 2.09. The van der Waals surface area contributed by atoms with E-state index in [2.05, 4.69) is 19.2 Å². The summed E-state index contributed by atoms with van der Waals surface area (Å²) in [6.07, 6.45) is 0.936. The average molecular weight is 296 g/mol. The summed E-state index contributed by atoms with van der Waals surface area (Å²) in [7, 11) is 0. The summed E-state index contributed by atoms with van der Waals surface area (Å²) in [4.78, 5) is 22.1. The summed E-state index contributed by atoms with van der Waals surface area (Å²) >= 11 is 0. The van der Waals surface area contributed by atoms with Crippen molar-refractivity contribution in [2.24, 2.45) is 5.92 Å². The van der Waals surface area contributed by atoms with Gasteiger partial charge in [0.05, 0.1) is 11.5 Å². The van der Waals surface area contributed by atoms with E-state index in [1.807, 2.05) is 0 Å². The van der Waals surface area contributed by atoms with E-state index in [1.54, 1.807) is 0 Å². The summed E-state index contributed by atoms with van der Waals surface area (Å²) in [5, 5.41) is 22.7. The van der Waals surface area contributed by atoms with E-state index in [9.17, 15) is 20.0 Å². The molecule has 0 aliphatic rings. The molecule has 21 heavy (non-hydrogen) atoms. The van der Waals surface area contributed by atoms with Gasteiger partial charge in [-0.05, 0) is 24.5 Å². The molecule has 7 heteroatoms. The number of nitrogens with one attached hydrogen (secondary N) is 1. The first kappa shape index (κ1) is 16.9. The van der Waals surface area contributed by atoms with Crippen molar-refractivity contribution in [2.75, 3.05) is 19.8 Å². The molecule has 7 nitrogen and oxygen atoms in total. The highest BCUT2D eigenvalue weighted by Crippen LogP contribution is 2.22. The van der Waals surface area contributed by atoms with Gasteiger partial charge in [-0.3, -0.25) is 14.9 Å². The number of carbonyl (C=O) groups excluding carboxylic acids is 1. The summed E-state index contributed by atoms with van der Waals surface area (Å²) in [5.74, 6) is -0.251. The molecular weight excluding hydrogens is 276 g/mol. The summed E-state index contributed by atoms with van der Waals surface area (Å²) in [5.41, 5.74) is -0.506. The Morgan fingerprint density at radius 1 is 1.43 bits per heavy atom. The first-order valence-electron chi connectivity index (χ1n) is 6.75. The highest BCUT2D eigenvalue weighted by Gasteiger charge is 2.20. The molecule has 0 bridgehead atoms. The van der Waals surface area contributed by atoms with E-state index in [-0.39, 0.29) is 23.5 Å². The van der Waals surface area contributed by atoms with Gasteiger partial charge in [0, 0.05) is 19.2 Å². The molecule has 1 rings (SSSR count). The van der Waals surface area contributed by atoms with Crippen LogP contribution in [0.25, 0.3) is 0 Å². The maximum Gasteiger partial charge on any atom is 0.282 e. The number of nitro groups is 1. The topological polar surface area (TPSA) is 102 Å². The molecule has 0 saturated carbocycles. The Kier molecular flexibility index (Phi) is 6.61. The van der Waals surface area contributed by atoms with Gasteiger partial charge in [0.25, 0.3) is 11.6 Å². The Balaban J connectivity index is 2.49. The number of nitro benzene ring substituents is 1. The molecule has 0 atom stereocenters. The van der Waals surface area contributed by atoms with Crippen LogP contribution in [0.5, 0.6) is 5.75 Å². The lowest BCUT2D eigenvalue weighted by molar-refractivity contribution is -0.385. The van der Waals surface area contributed by atoms with E-state index in [1.165, 1.54) is 6.07 Å². The van der Waals surface area contributed by atoms with Crippen LogP contribution in [-0.4, -0.2) is 35.7 Å². The second-order valence-corrected chi connectivity index (χ2v) is 5.01. The van der Waals surface area contributed by atoms with Crippen LogP contribution in [0.3, 0.4) is 0 Å². The molecular formula is C14H20N2O5. The monoisotopic (exact) mass is 296 g/mol. The zero-order valence-electron chi connectivity index (χ0n) is 12.2. The highest BCUT2D eigenvalue weighted by molar-refractivity contribution is 5.98. The van der Waals surface area contributed by atoms with Crippen molar-refractivity contribution < 1.29 is 19.6 Å². The molecule has 0 unspecified atom stereocenters. The van der Waals surface area contributed by atoms with Crippen molar-refractivity contribution in [3.8, 4) is 5.75 Å². The molecule has 0 radical (unpaired) electrons. The van der Waals surface area contributed by atoms with Crippen LogP contribution >= 0.6 is 0 Å². The third kappa shape index (κ3) is 5.78. The van der Waals surface area contributed by atoms with Gasteiger partial charge < -0.3 is 15.2 Å². The number of phenolic OH excluding ortho intramolecular Hbond substituents is 1. The molecule has 0 spiro atoms. The Morgan fingerprint density at radius 2 is 2.14 bits per heavy atom. The van der Waals surface area contributed by atoms with Crippen molar-refractivity contribution in [3.05, 3.63) is 33.9 Å². The number of rotatable bonds is 8. The molecule has 1 amide bonds. The number of nitrogens with zero attached hydrogens (tertiary/aromatic N) is 1. The Morgan fingerprint density at radius 3 is 2.76 bits per heavy atom. The minimum absolute atomic E-state index is 0.165. The quantitative estimate of drug-likeness (QED) is 0.434. The molecule has 0 fully saturated rings. The molecule has 0 aromatic heterocycles. The zero-order chi connectivity index (χ0) is 15.8. The molecule has 1 aromatic rings. The van der Waals surface area contributed by atoms with Gasteiger partial charge in [-0.25, -0.2) is 0 Å².